The molecule has 0 aliphatic heterocycles. The normalized spacial score (nSPS) is 11.5. The van der Waals surface area contributed by atoms with E-state index in [-0.39, 0.29) is 29.8 Å². The van der Waals surface area contributed by atoms with Gasteiger partial charge in [0, 0.05) is 32.7 Å². The third-order valence-electron chi connectivity index (χ3n) is 3.51. The van der Waals surface area contributed by atoms with Crippen LogP contribution >= 0.6 is 24.0 Å². The van der Waals surface area contributed by atoms with Crippen molar-refractivity contribution in [2.45, 2.75) is 26.3 Å². The van der Waals surface area contributed by atoms with Gasteiger partial charge < -0.3 is 15.5 Å². The van der Waals surface area contributed by atoms with Crippen molar-refractivity contribution in [2.75, 3.05) is 33.7 Å². The first kappa shape index (κ1) is 21.1. The van der Waals surface area contributed by atoms with Gasteiger partial charge in [-0.2, -0.15) is 0 Å². The maximum Gasteiger partial charge on any atom is 0.191 e. The molecule has 0 fully saturated rings. The number of aliphatic imine (C=N–C) groups is 1. The number of nitrogens with one attached hydrogen (secondary N) is 2. The van der Waals surface area contributed by atoms with E-state index in [4.69, 9.17) is 0 Å². The van der Waals surface area contributed by atoms with Crippen LogP contribution in [0.5, 0.6) is 0 Å². The maximum absolute atomic E-state index is 13.5. The smallest absolute Gasteiger partial charge is 0.191 e. The van der Waals surface area contributed by atoms with Gasteiger partial charge in [0.2, 0.25) is 0 Å². The zero-order chi connectivity index (χ0) is 15.7. The van der Waals surface area contributed by atoms with E-state index in [9.17, 15) is 4.39 Å². The Kier molecular flexibility index (Phi) is 11.2. The van der Waals surface area contributed by atoms with Gasteiger partial charge >= 0.3 is 0 Å². The fourth-order valence-corrected chi connectivity index (χ4v) is 1.85. The van der Waals surface area contributed by atoms with Crippen LogP contribution in [0, 0.1) is 5.82 Å². The number of hydrogen-bond acceptors (Lipinski definition) is 2. The van der Waals surface area contributed by atoms with Crippen LogP contribution < -0.4 is 10.6 Å². The molecule has 0 aliphatic carbocycles. The Labute approximate surface area is 150 Å². The van der Waals surface area contributed by atoms with Crippen LogP contribution in [0.15, 0.2) is 29.3 Å². The van der Waals surface area contributed by atoms with E-state index in [1.165, 1.54) is 6.07 Å². The first-order valence-corrected chi connectivity index (χ1v) is 7.42. The number of rotatable bonds is 7. The van der Waals surface area contributed by atoms with E-state index in [1.54, 1.807) is 13.1 Å². The fourth-order valence-electron chi connectivity index (χ4n) is 1.85. The molecule has 0 aliphatic rings. The van der Waals surface area contributed by atoms with Crippen molar-refractivity contribution in [1.82, 2.24) is 15.5 Å². The molecule has 22 heavy (non-hydrogen) atoms. The maximum atomic E-state index is 13.5. The minimum atomic E-state index is -0.152. The third kappa shape index (κ3) is 7.93. The Bertz CT molecular complexity index is 452. The summed E-state index contributed by atoms with van der Waals surface area (Å²) < 4.78 is 13.5. The van der Waals surface area contributed by atoms with Gasteiger partial charge in [0.25, 0.3) is 0 Å². The quantitative estimate of drug-likeness (QED) is 0.403. The molecule has 2 N–H and O–H groups in total. The lowest BCUT2D eigenvalue weighted by Crippen LogP contribution is -2.42. The van der Waals surface area contributed by atoms with E-state index < -0.39 is 0 Å². The van der Waals surface area contributed by atoms with Gasteiger partial charge in [0.05, 0.1) is 0 Å². The van der Waals surface area contributed by atoms with Crippen molar-refractivity contribution in [2.24, 2.45) is 4.99 Å². The molecular weight excluding hydrogens is 394 g/mol. The van der Waals surface area contributed by atoms with E-state index in [1.807, 2.05) is 12.1 Å². The number of hydrogen-bond donors (Lipinski definition) is 2. The van der Waals surface area contributed by atoms with Gasteiger partial charge in [-0.15, -0.1) is 24.0 Å². The Morgan fingerprint density at radius 1 is 1.23 bits per heavy atom. The highest BCUT2D eigenvalue weighted by Crippen LogP contribution is 2.05. The molecule has 0 aromatic heterocycles. The number of likely N-dealkylation sites (N-methyl/N-ethyl adjacent to an activating group) is 1. The lowest BCUT2D eigenvalue weighted by molar-refractivity contribution is 0.278. The summed E-state index contributed by atoms with van der Waals surface area (Å²) in [5.41, 5.74) is 0.722. The van der Waals surface area contributed by atoms with Crippen molar-refractivity contribution in [3.63, 3.8) is 0 Å². The number of benzene rings is 1. The predicted molar refractivity (Wildman–Crippen MR) is 103 cm³/mol. The summed E-state index contributed by atoms with van der Waals surface area (Å²) in [6.07, 6.45) is 0.638. The molecule has 0 spiro atoms. The third-order valence-corrected chi connectivity index (χ3v) is 3.51. The first-order valence-electron chi connectivity index (χ1n) is 7.42. The minimum Gasteiger partial charge on any atom is -0.356 e. The molecule has 1 aromatic rings. The van der Waals surface area contributed by atoms with Crippen molar-refractivity contribution in [1.29, 1.82) is 0 Å². The molecule has 1 aromatic carbocycles. The first-order chi connectivity index (χ1) is 10.0. The Morgan fingerprint density at radius 3 is 2.45 bits per heavy atom. The molecule has 6 heteroatoms. The van der Waals surface area contributed by atoms with Crippen LogP contribution in [0.4, 0.5) is 4.39 Å². The summed E-state index contributed by atoms with van der Waals surface area (Å²) in [5, 5.41) is 6.46. The number of nitrogens with zero attached hydrogens (tertiary/aromatic N) is 2. The SMILES string of the molecule is CN=C(NCCc1ccccc1F)NCCN(C)C(C)C.I. The topological polar surface area (TPSA) is 39.7 Å². The molecule has 4 nitrogen and oxygen atoms in total. The van der Waals surface area contributed by atoms with Gasteiger partial charge in [-0.3, -0.25) is 4.99 Å². The van der Waals surface area contributed by atoms with Crippen molar-refractivity contribution in [3.05, 3.63) is 35.6 Å². The van der Waals surface area contributed by atoms with Crippen LogP contribution in [0.1, 0.15) is 19.4 Å². The molecule has 0 saturated carbocycles. The van der Waals surface area contributed by atoms with Crippen LogP contribution in [0.3, 0.4) is 0 Å². The Morgan fingerprint density at radius 2 is 1.86 bits per heavy atom. The van der Waals surface area contributed by atoms with E-state index in [0.29, 0.717) is 19.0 Å². The summed E-state index contributed by atoms with van der Waals surface area (Å²) in [6, 6.07) is 7.39. The zero-order valence-electron chi connectivity index (χ0n) is 13.9. The highest BCUT2D eigenvalue weighted by atomic mass is 127. The van der Waals surface area contributed by atoms with Crippen molar-refractivity contribution < 1.29 is 4.39 Å². The Hall–Kier alpha value is -0.890. The van der Waals surface area contributed by atoms with Gasteiger partial charge in [0.1, 0.15) is 5.82 Å². The summed E-state index contributed by atoms with van der Waals surface area (Å²) in [6.45, 7) is 6.77. The molecule has 0 amide bonds. The van der Waals surface area contributed by atoms with Crippen molar-refractivity contribution >= 4 is 29.9 Å². The fraction of sp³-hybridized carbons (Fsp3) is 0.562. The molecule has 0 bridgehead atoms. The zero-order valence-corrected chi connectivity index (χ0v) is 16.2. The summed E-state index contributed by atoms with van der Waals surface area (Å²) in [5.74, 6) is 0.601. The number of guanidine groups is 1. The van der Waals surface area contributed by atoms with Crippen LogP contribution in [-0.2, 0) is 6.42 Å². The van der Waals surface area contributed by atoms with E-state index in [0.717, 1.165) is 24.6 Å². The largest absolute Gasteiger partial charge is 0.356 e. The summed E-state index contributed by atoms with van der Waals surface area (Å²) >= 11 is 0. The average molecular weight is 422 g/mol. The van der Waals surface area contributed by atoms with Crippen LogP contribution in [0.2, 0.25) is 0 Å². The second-order valence-corrected chi connectivity index (χ2v) is 5.34. The molecule has 0 radical (unpaired) electrons. The van der Waals surface area contributed by atoms with Gasteiger partial charge in [-0.25, -0.2) is 4.39 Å². The molecule has 1 rings (SSSR count). The molecule has 0 heterocycles. The van der Waals surface area contributed by atoms with Gasteiger partial charge in [0.15, 0.2) is 5.96 Å². The van der Waals surface area contributed by atoms with Crippen LogP contribution in [-0.4, -0.2) is 50.6 Å². The summed E-state index contributed by atoms with van der Waals surface area (Å²) in [4.78, 5) is 6.43. The average Bonchev–Trinajstić information content (AvgIpc) is 2.47. The highest BCUT2D eigenvalue weighted by Gasteiger charge is 2.04. The standard InChI is InChI=1S/C16H27FN4.HI/c1-13(2)21(4)12-11-20-16(18-3)19-10-9-14-7-5-6-8-15(14)17;/h5-8,13H,9-12H2,1-4H3,(H2,18,19,20);1H. The minimum absolute atomic E-state index is 0. The molecule has 0 unspecified atom stereocenters. The second kappa shape index (κ2) is 11.6. The lowest BCUT2D eigenvalue weighted by Gasteiger charge is -2.21. The monoisotopic (exact) mass is 422 g/mol. The van der Waals surface area contributed by atoms with Crippen LogP contribution in [0.25, 0.3) is 0 Å². The molecule has 0 saturated heterocycles. The van der Waals surface area contributed by atoms with Gasteiger partial charge in [-0.05, 0) is 38.9 Å². The van der Waals surface area contributed by atoms with Crippen molar-refractivity contribution in [3.8, 4) is 0 Å². The highest BCUT2D eigenvalue weighted by molar-refractivity contribution is 14.0. The Balaban J connectivity index is 0.00000441. The lowest BCUT2D eigenvalue weighted by atomic mass is 10.1. The molecule has 126 valence electrons. The van der Waals surface area contributed by atoms with E-state index >= 15 is 0 Å². The summed E-state index contributed by atoms with van der Waals surface area (Å²) in [7, 11) is 3.84. The molecular formula is C16H28FIN4. The van der Waals surface area contributed by atoms with Gasteiger partial charge in [-0.1, -0.05) is 18.2 Å². The second-order valence-electron chi connectivity index (χ2n) is 5.34. The van der Waals surface area contributed by atoms with E-state index in [2.05, 4.69) is 41.4 Å². The predicted octanol–water partition coefficient (Wildman–Crippen LogP) is 2.49. The molecule has 0 atom stereocenters. The number of halogens is 2.